The van der Waals surface area contributed by atoms with Crippen molar-refractivity contribution in [1.29, 1.82) is 0 Å². The van der Waals surface area contributed by atoms with Gasteiger partial charge in [0.1, 0.15) is 0 Å². The van der Waals surface area contributed by atoms with Gasteiger partial charge in [0.05, 0.1) is 16.8 Å². The zero-order chi connectivity index (χ0) is 16.2. The molecule has 0 aliphatic heterocycles. The summed E-state index contributed by atoms with van der Waals surface area (Å²) in [5, 5.41) is 6.82. The molecule has 1 amide bonds. The molecule has 23 heavy (non-hydrogen) atoms. The van der Waals surface area contributed by atoms with E-state index in [0.29, 0.717) is 22.6 Å². The molecule has 5 nitrogen and oxygen atoms in total. The molecule has 0 spiro atoms. The second-order valence-electron chi connectivity index (χ2n) is 4.93. The van der Waals surface area contributed by atoms with Gasteiger partial charge in [-0.25, -0.2) is 9.97 Å². The van der Waals surface area contributed by atoms with Crippen molar-refractivity contribution in [3.8, 4) is 0 Å². The van der Waals surface area contributed by atoms with Gasteiger partial charge < -0.3 is 10.6 Å². The molecule has 1 aromatic carbocycles. The van der Waals surface area contributed by atoms with Gasteiger partial charge in [0.15, 0.2) is 9.60 Å². The molecule has 2 aromatic heterocycles. The van der Waals surface area contributed by atoms with Gasteiger partial charge in [0, 0.05) is 23.2 Å². The van der Waals surface area contributed by atoms with Crippen molar-refractivity contribution < 1.29 is 4.79 Å². The largest absolute Gasteiger partial charge is 0.380 e. The Morgan fingerprint density at radius 1 is 1.35 bits per heavy atom. The Kier molecular flexibility index (Phi) is 5.09. The van der Waals surface area contributed by atoms with Crippen LogP contribution in [-0.4, -0.2) is 15.9 Å². The topological polar surface area (TPSA) is 66.9 Å². The fraction of sp³-hybridized carbons (Fsp3) is 0.267. The van der Waals surface area contributed by atoms with Gasteiger partial charge in [-0.1, -0.05) is 29.9 Å². The molecule has 2 N–H and O–H groups in total. The molecule has 0 unspecified atom stereocenters. The van der Waals surface area contributed by atoms with Crippen LogP contribution in [0.4, 0.5) is 10.8 Å². The van der Waals surface area contributed by atoms with Crippen LogP contribution in [0.15, 0.2) is 24.4 Å². The van der Waals surface area contributed by atoms with Crippen LogP contribution in [-0.2, 0) is 11.3 Å². The minimum atomic E-state index is 0.00646. The number of hydrogen-bond acceptors (Lipinski definition) is 6. The molecule has 0 radical (unpaired) electrons. The first kappa shape index (κ1) is 16.2. The van der Waals surface area contributed by atoms with Gasteiger partial charge in [-0.3, -0.25) is 4.79 Å². The molecule has 0 saturated heterocycles. The van der Waals surface area contributed by atoms with E-state index in [9.17, 15) is 4.79 Å². The number of carbonyl (C=O) groups excluding carboxylic acids is 1. The van der Waals surface area contributed by atoms with Crippen molar-refractivity contribution in [2.24, 2.45) is 0 Å². The Balaban J connectivity index is 1.69. The highest BCUT2D eigenvalue weighted by Gasteiger charge is 2.08. The Hall–Kier alpha value is -1.70. The SMILES string of the molecule is CCCC(=O)Nc1nc2ccc(NCc3cnc(Cl)s3)cc2s1. The Morgan fingerprint density at radius 2 is 2.22 bits per heavy atom. The number of anilines is 2. The maximum Gasteiger partial charge on any atom is 0.226 e. The Morgan fingerprint density at radius 3 is 2.96 bits per heavy atom. The summed E-state index contributed by atoms with van der Waals surface area (Å²) in [5.41, 5.74) is 1.88. The third-order valence-corrected chi connectivity index (χ3v) is 5.15. The van der Waals surface area contributed by atoms with Crippen LogP contribution in [0.3, 0.4) is 0 Å². The minimum Gasteiger partial charge on any atom is -0.380 e. The van der Waals surface area contributed by atoms with Crippen molar-refractivity contribution in [1.82, 2.24) is 9.97 Å². The maximum atomic E-state index is 11.6. The highest BCUT2D eigenvalue weighted by molar-refractivity contribution is 7.22. The van der Waals surface area contributed by atoms with Gasteiger partial charge in [-0.15, -0.1) is 11.3 Å². The van der Waals surface area contributed by atoms with Crippen molar-refractivity contribution in [3.63, 3.8) is 0 Å². The van der Waals surface area contributed by atoms with Crippen molar-refractivity contribution in [2.45, 2.75) is 26.3 Å². The second kappa shape index (κ2) is 7.25. The predicted octanol–water partition coefficient (Wildman–Crippen LogP) is 4.76. The van der Waals surface area contributed by atoms with E-state index in [2.05, 4.69) is 20.6 Å². The van der Waals surface area contributed by atoms with Crippen LogP contribution in [0.2, 0.25) is 4.47 Å². The summed E-state index contributed by atoms with van der Waals surface area (Å²) in [6.07, 6.45) is 3.11. The number of benzene rings is 1. The lowest BCUT2D eigenvalue weighted by molar-refractivity contribution is -0.116. The predicted molar refractivity (Wildman–Crippen MR) is 97.6 cm³/mol. The van der Waals surface area contributed by atoms with Gasteiger partial charge in [-0.05, 0) is 24.6 Å². The Labute approximate surface area is 146 Å². The summed E-state index contributed by atoms with van der Waals surface area (Å²) in [4.78, 5) is 21.2. The molecule has 0 aliphatic carbocycles. The molecular formula is C15H15ClN4OS2. The normalized spacial score (nSPS) is 10.9. The highest BCUT2D eigenvalue weighted by atomic mass is 35.5. The standard InChI is InChI=1S/C15H15ClN4OS2/c1-2-3-13(21)20-15-19-11-5-4-9(6-12(11)23-15)17-7-10-8-18-14(16)22-10/h4-6,8,17H,2-3,7H2,1H3,(H,19,20,21). The number of amides is 1. The fourth-order valence-electron chi connectivity index (χ4n) is 2.05. The minimum absolute atomic E-state index is 0.00646. The average Bonchev–Trinajstić information content (AvgIpc) is 3.10. The van der Waals surface area contributed by atoms with Crippen LogP contribution < -0.4 is 10.6 Å². The molecular weight excluding hydrogens is 352 g/mol. The lowest BCUT2D eigenvalue weighted by Crippen LogP contribution is -2.09. The number of halogens is 1. The number of fused-ring (bicyclic) bond motifs is 1. The number of nitrogens with zero attached hydrogens (tertiary/aromatic N) is 2. The molecule has 3 rings (SSSR count). The zero-order valence-electron chi connectivity index (χ0n) is 12.4. The first-order valence-corrected chi connectivity index (χ1v) is 9.19. The zero-order valence-corrected chi connectivity index (χ0v) is 14.8. The van der Waals surface area contributed by atoms with E-state index in [1.165, 1.54) is 22.7 Å². The molecule has 8 heteroatoms. The number of rotatable bonds is 6. The molecule has 3 aromatic rings. The van der Waals surface area contributed by atoms with Crippen LogP contribution >= 0.6 is 34.3 Å². The van der Waals surface area contributed by atoms with E-state index in [0.717, 1.165) is 27.2 Å². The Bertz CT molecular complexity index is 830. The van der Waals surface area contributed by atoms with Gasteiger partial charge in [-0.2, -0.15) is 0 Å². The van der Waals surface area contributed by atoms with Crippen LogP contribution in [0.25, 0.3) is 10.2 Å². The van der Waals surface area contributed by atoms with E-state index in [1.54, 1.807) is 6.20 Å². The summed E-state index contributed by atoms with van der Waals surface area (Å²) in [5.74, 6) is 0.00646. The van der Waals surface area contributed by atoms with Crippen molar-refractivity contribution >= 4 is 61.2 Å². The fourth-order valence-corrected chi connectivity index (χ4v) is 3.89. The van der Waals surface area contributed by atoms with Crippen molar-refractivity contribution in [2.75, 3.05) is 10.6 Å². The number of nitrogens with one attached hydrogen (secondary N) is 2. The third-order valence-electron chi connectivity index (χ3n) is 3.10. The first-order valence-electron chi connectivity index (χ1n) is 7.18. The monoisotopic (exact) mass is 366 g/mol. The molecule has 0 atom stereocenters. The lowest BCUT2D eigenvalue weighted by atomic mass is 10.3. The van der Waals surface area contributed by atoms with E-state index in [1.807, 2.05) is 25.1 Å². The van der Waals surface area contributed by atoms with E-state index in [-0.39, 0.29) is 5.91 Å². The van der Waals surface area contributed by atoms with Crippen LogP contribution in [0, 0.1) is 0 Å². The first-order chi connectivity index (χ1) is 11.1. The number of hydrogen-bond donors (Lipinski definition) is 2. The molecule has 0 aliphatic rings. The van der Waals surface area contributed by atoms with Crippen molar-refractivity contribution in [3.05, 3.63) is 33.7 Å². The highest BCUT2D eigenvalue weighted by Crippen LogP contribution is 2.29. The lowest BCUT2D eigenvalue weighted by Gasteiger charge is -2.03. The van der Waals surface area contributed by atoms with Crippen LogP contribution in [0.5, 0.6) is 0 Å². The van der Waals surface area contributed by atoms with Gasteiger partial charge >= 0.3 is 0 Å². The quantitative estimate of drug-likeness (QED) is 0.660. The summed E-state index contributed by atoms with van der Waals surface area (Å²) in [6, 6.07) is 5.96. The molecule has 120 valence electrons. The van der Waals surface area contributed by atoms with Gasteiger partial charge in [0.2, 0.25) is 5.91 Å². The molecule has 0 fully saturated rings. The number of aromatic nitrogens is 2. The van der Waals surface area contributed by atoms with E-state index >= 15 is 0 Å². The number of carbonyl (C=O) groups is 1. The summed E-state index contributed by atoms with van der Waals surface area (Å²) in [7, 11) is 0. The third kappa shape index (κ3) is 4.19. The molecule has 2 heterocycles. The molecule has 0 saturated carbocycles. The summed E-state index contributed by atoms with van der Waals surface area (Å²) >= 11 is 8.76. The smallest absolute Gasteiger partial charge is 0.226 e. The van der Waals surface area contributed by atoms with E-state index < -0.39 is 0 Å². The van der Waals surface area contributed by atoms with E-state index in [4.69, 9.17) is 11.6 Å². The van der Waals surface area contributed by atoms with Crippen LogP contribution in [0.1, 0.15) is 24.6 Å². The number of thiazole rings is 2. The average molecular weight is 367 g/mol. The molecule has 0 bridgehead atoms. The summed E-state index contributed by atoms with van der Waals surface area (Å²) < 4.78 is 1.58. The maximum absolute atomic E-state index is 11.6. The second-order valence-corrected chi connectivity index (χ2v) is 7.66. The van der Waals surface area contributed by atoms with Gasteiger partial charge in [0.25, 0.3) is 0 Å². The summed E-state index contributed by atoms with van der Waals surface area (Å²) in [6.45, 7) is 2.65.